The number of rotatable bonds is 6. The quantitative estimate of drug-likeness (QED) is 0.845. The molecular formula is C18H28N2O. The van der Waals surface area contributed by atoms with Gasteiger partial charge in [0.2, 0.25) is 5.91 Å². The van der Waals surface area contributed by atoms with Crippen molar-refractivity contribution in [2.75, 3.05) is 0 Å². The van der Waals surface area contributed by atoms with Crippen LogP contribution in [-0.4, -0.2) is 18.0 Å². The second-order valence-electron chi connectivity index (χ2n) is 6.31. The highest BCUT2D eigenvalue weighted by atomic mass is 16.2. The smallest absolute Gasteiger partial charge is 0.237 e. The molecule has 1 amide bonds. The maximum Gasteiger partial charge on any atom is 0.237 e. The molecule has 21 heavy (non-hydrogen) atoms. The maximum absolute atomic E-state index is 12.2. The summed E-state index contributed by atoms with van der Waals surface area (Å²) in [6.45, 7) is 2.25. The predicted molar refractivity (Wildman–Crippen MR) is 86.9 cm³/mol. The lowest BCUT2D eigenvalue weighted by Gasteiger charge is -2.29. The van der Waals surface area contributed by atoms with Crippen molar-refractivity contribution >= 4 is 5.91 Å². The summed E-state index contributed by atoms with van der Waals surface area (Å²) in [5.41, 5.74) is 7.15. The van der Waals surface area contributed by atoms with Gasteiger partial charge in [-0.15, -0.1) is 0 Å². The Hall–Kier alpha value is -1.35. The van der Waals surface area contributed by atoms with Crippen molar-refractivity contribution in [3.8, 4) is 0 Å². The van der Waals surface area contributed by atoms with Crippen LogP contribution in [0.3, 0.4) is 0 Å². The van der Waals surface area contributed by atoms with Crippen molar-refractivity contribution in [1.82, 2.24) is 5.32 Å². The van der Waals surface area contributed by atoms with Crippen LogP contribution in [0.5, 0.6) is 0 Å². The highest BCUT2D eigenvalue weighted by Gasteiger charge is 2.23. The fourth-order valence-corrected chi connectivity index (χ4v) is 3.27. The molecule has 1 aromatic carbocycles. The van der Waals surface area contributed by atoms with E-state index in [1.54, 1.807) is 0 Å². The van der Waals surface area contributed by atoms with Gasteiger partial charge in [-0.1, -0.05) is 50.1 Å². The van der Waals surface area contributed by atoms with Gasteiger partial charge in [-0.2, -0.15) is 0 Å². The molecule has 0 aliphatic heterocycles. The average molecular weight is 288 g/mol. The molecule has 0 heterocycles. The van der Waals surface area contributed by atoms with Crippen LogP contribution in [-0.2, 0) is 11.2 Å². The third-order valence-electron chi connectivity index (χ3n) is 4.53. The summed E-state index contributed by atoms with van der Waals surface area (Å²) in [5.74, 6) is 0.860. The third kappa shape index (κ3) is 5.16. The van der Waals surface area contributed by atoms with Crippen LogP contribution in [0, 0.1) is 5.92 Å². The van der Waals surface area contributed by atoms with Gasteiger partial charge in [0, 0.05) is 6.04 Å². The lowest BCUT2D eigenvalue weighted by atomic mass is 9.83. The molecule has 1 aliphatic rings. The lowest BCUT2D eigenvalue weighted by Crippen LogP contribution is -2.47. The Labute approximate surface area is 128 Å². The molecule has 0 spiro atoms. The largest absolute Gasteiger partial charge is 0.352 e. The molecule has 0 radical (unpaired) electrons. The van der Waals surface area contributed by atoms with Crippen LogP contribution >= 0.6 is 0 Å². The standard InChI is InChI=1S/C18H28N2O/c1-2-6-14-9-11-16(12-10-14)20-18(21)17(19)13-15-7-4-3-5-8-15/h3-5,7-8,14,16-17H,2,6,9-13,19H2,1H3,(H,20,21)/t14?,16?,17-/m0/s1. The minimum atomic E-state index is -0.444. The predicted octanol–water partition coefficient (Wildman–Crippen LogP) is 3.03. The van der Waals surface area contributed by atoms with Gasteiger partial charge in [0.25, 0.3) is 0 Å². The van der Waals surface area contributed by atoms with Crippen molar-refractivity contribution in [3.05, 3.63) is 35.9 Å². The summed E-state index contributed by atoms with van der Waals surface area (Å²) in [7, 11) is 0. The SMILES string of the molecule is CCCC1CCC(NC(=O)[C@@H](N)Cc2ccccc2)CC1. The first kappa shape index (κ1) is 16.0. The monoisotopic (exact) mass is 288 g/mol. The topological polar surface area (TPSA) is 55.1 Å². The zero-order valence-corrected chi connectivity index (χ0v) is 13.1. The number of nitrogens with one attached hydrogen (secondary N) is 1. The minimum absolute atomic E-state index is 0.00204. The van der Waals surface area contributed by atoms with Gasteiger partial charge in [-0.3, -0.25) is 4.79 Å². The molecule has 3 heteroatoms. The molecule has 1 atom stereocenters. The summed E-state index contributed by atoms with van der Waals surface area (Å²) in [6.07, 6.45) is 7.90. The second-order valence-corrected chi connectivity index (χ2v) is 6.31. The number of hydrogen-bond acceptors (Lipinski definition) is 2. The van der Waals surface area contributed by atoms with Crippen LogP contribution in [0.25, 0.3) is 0 Å². The molecule has 1 aliphatic carbocycles. The number of hydrogen-bond donors (Lipinski definition) is 2. The lowest BCUT2D eigenvalue weighted by molar-refractivity contribution is -0.123. The molecule has 0 unspecified atom stereocenters. The van der Waals surface area contributed by atoms with Crippen LogP contribution in [0.4, 0.5) is 0 Å². The van der Waals surface area contributed by atoms with Crippen molar-refractivity contribution < 1.29 is 4.79 Å². The highest BCUT2D eigenvalue weighted by molar-refractivity contribution is 5.82. The Bertz CT molecular complexity index is 424. The number of carbonyl (C=O) groups excluding carboxylic acids is 1. The number of amides is 1. The van der Waals surface area contributed by atoms with E-state index in [4.69, 9.17) is 5.73 Å². The van der Waals surface area contributed by atoms with Gasteiger partial charge in [0.15, 0.2) is 0 Å². The third-order valence-corrected chi connectivity index (χ3v) is 4.53. The van der Waals surface area contributed by atoms with Gasteiger partial charge in [0.05, 0.1) is 6.04 Å². The minimum Gasteiger partial charge on any atom is -0.352 e. The average Bonchev–Trinajstić information content (AvgIpc) is 2.50. The Morgan fingerprint density at radius 1 is 1.24 bits per heavy atom. The molecule has 1 saturated carbocycles. The van der Waals surface area contributed by atoms with Gasteiger partial charge in [0.1, 0.15) is 0 Å². The van der Waals surface area contributed by atoms with Crippen LogP contribution in [0.1, 0.15) is 51.0 Å². The molecule has 0 aromatic heterocycles. The maximum atomic E-state index is 12.2. The highest BCUT2D eigenvalue weighted by Crippen LogP contribution is 2.27. The molecule has 1 fully saturated rings. The van der Waals surface area contributed by atoms with E-state index >= 15 is 0 Å². The number of carbonyl (C=O) groups is 1. The van der Waals surface area contributed by atoms with Crippen molar-refractivity contribution in [2.45, 2.75) is 64.0 Å². The Kier molecular flexibility index (Phi) is 6.24. The summed E-state index contributed by atoms with van der Waals surface area (Å²) in [5, 5.41) is 3.14. The summed E-state index contributed by atoms with van der Waals surface area (Å²) in [6, 6.07) is 9.85. The van der Waals surface area contributed by atoms with E-state index in [0.29, 0.717) is 12.5 Å². The first-order valence-corrected chi connectivity index (χ1v) is 8.29. The van der Waals surface area contributed by atoms with E-state index in [-0.39, 0.29) is 5.91 Å². The number of benzene rings is 1. The fourth-order valence-electron chi connectivity index (χ4n) is 3.27. The van der Waals surface area contributed by atoms with E-state index < -0.39 is 6.04 Å². The fraction of sp³-hybridized carbons (Fsp3) is 0.611. The van der Waals surface area contributed by atoms with E-state index in [1.807, 2.05) is 30.3 Å². The Morgan fingerprint density at radius 2 is 1.90 bits per heavy atom. The number of nitrogens with two attached hydrogens (primary N) is 1. The van der Waals surface area contributed by atoms with Gasteiger partial charge < -0.3 is 11.1 Å². The summed E-state index contributed by atoms with van der Waals surface area (Å²) < 4.78 is 0. The molecular weight excluding hydrogens is 260 g/mol. The first-order chi connectivity index (χ1) is 10.2. The van der Waals surface area contributed by atoms with Crippen molar-refractivity contribution in [2.24, 2.45) is 11.7 Å². The normalized spacial score (nSPS) is 23.5. The zero-order chi connectivity index (χ0) is 15.1. The zero-order valence-electron chi connectivity index (χ0n) is 13.1. The van der Waals surface area contributed by atoms with E-state index in [2.05, 4.69) is 12.2 Å². The summed E-state index contributed by atoms with van der Waals surface area (Å²) in [4.78, 5) is 12.2. The first-order valence-electron chi connectivity index (χ1n) is 8.29. The molecule has 0 bridgehead atoms. The van der Waals surface area contributed by atoms with E-state index in [0.717, 1.165) is 24.3 Å². The molecule has 116 valence electrons. The molecule has 0 saturated heterocycles. The van der Waals surface area contributed by atoms with Crippen molar-refractivity contribution in [1.29, 1.82) is 0 Å². The van der Waals surface area contributed by atoms with Crippen LogP contribution in [0.15, 0.2) is 30.3 Å². The van der Waals surface area contributed by atoms with Gasteiger partial charge >= 0.3 is 0 Å². The summed E-state index contributed by atoms with van der Waals surface area (Å²) >= 11 is 0. The molecule has 1 aromatic rings. The second kappa shape index (κ2) is 8.18. The molecule has 2 rings (SSSR count). The molecule has 3 N–H and O–H groups in total. The van der Waals surface area contributed by atoms with Crippen LogP contribution in [0.2, 0.25) is 0 Å². The van der Waals surface area contributed by atoms with E-state index in [1.165, 1.54) is 25.7 Å². The Morgan fingerprint density at radius 3 is 2.52 bits per heavy atom. The van der Waals surface area contributed by atoms with Gasteiger partial charge in [-0.05, 0) is 43.6 Å². The van der Waals surface area contributed by atoms with Gasteiger partial charge in [-0.25, -0.2) is 0 Å². The van der Waals surface area contributed by atoms with E-state index in [9.17, 15) is 4.79 Å². The van der Waals surface area contributed by atoms with Crippen molar-refractivity contribution in [3.63, 3.8) is 0 Å². The molecule has 3 nitrogen and oxygen atoms in total. The van der Waals surface area contributed by atoms with Crippen LogP contribution < -0.4 is 11.1 Å². The Balaban J connectivity index is 1.74.